The first kappa shape index (κ1) is 33.9. The van der Waals surface area contributed by atoms with E-state index >= 15 is 4.39 Å². The van der Waals surface area contributed by atoms with Gasteiger partial charge in [0.25, 0.3) is 0 Å². The predicted molar refractivity (Wildman–Crippen MR) is 155 cm³/mol. The minimum atomic E-state index is -5.35. The van der Waals surface area contributed by atoms with Crippen molar-refractivity contribution in [3.05, 3.63) is 29.3 Å². The lowest BCUT2D eigenvalue weighted by Gasteiger charge is -2.51. The number of nitrogens with one attached hydrogen (secondary N) is 1. The SMILES string of the molecule is CC.CN(C)C1(C)CN(c2nc3c4c(nc(-c5cc(N)cc(F)c5C(F)(F)F)c(F)c4n2)OC(C(F)(F)F)CCN=CCN3)C1. The molecule has 5 rings (SSSR count). The van der Waals surface area contributed by atoms with Gasteiger partial charge in [-0.05, 0) is 33.2 Å². The highest BCUT2D eigenvalue weighted by Gasteiger charge is 2.45. The summed E-state index contributed by atoms with van der Waals surface area (Å²) in [5, 5.41) is 2.40. The summed E-state index contributed by atoms with van der Waals surface area (Å²) < 4.78 is 120. The van der Waals surface area contributed by atoms with Gasteiger partial charge in [-0.15, -0.1) is 0 Å². The minimum absolute atomic E-state index is 0.0425. The number of aromatic nitrogens is 3. The molecule has 2 aromatic heterocycles. The summed E-state index contributed by atoms with van der Waals surface area (Å²) in [4.78, 5) is 19.9. The fraction of sp³-hybridized carbons (Fsp3) is 0.500. The lowest BCUT2D eigenvalue weighted by Crippen LogP contribution is -2.67. The number of likely N-dealkylation sites (N-methyl/N-ethyl adjacent to an activating group) is 1. The topological polar surface area (TPSA) is 105 Å². The van der Waals surface area contributed by atoms with E-state index < -0.39 is 75.8 Å². The molecule has 1 fully saturated rings. The van der Waals surface area contributed by atoms with E-state index in [-0.39, 0.29) is 30.4 Å². The van der Waals surface area contributed by atoms with Crippen LogP contribution in [0.4, 0.5) is 52.6 Å². The van der Waals surface area contributed by atoms with Crippen LogP contribution in [-0.2, 0) is 6.18 Å². The van der Waals surface area contributed by atoms with Crippen LogP contribution in [0.5, 0.6) is 5.88 Å². The molecule has 4 heterocycles. The van der Waals surface area contributed by atoms with Gasteiger partial charge in [0.05, 0.1) is 12.1 Å². The highest BCUT2D eigenvalue weighted by atomic mass is 19.4. The minimum Gasteiger partial charge on any atom is -0.464 e. The Kier molecular flexibility index (Phi) is 9.33. The van der Waals surface area contributed by atoms with Gasteiger partial charge in [-0.2, -0.15) is 31.3 Å². The molecule has 17 heteroatoms. The second-order valence-corrected chi connectivity index (χ2v) is 10.8. The van der Waals surface area contributed by atoms with Crippen molar-refractivity contribution in [3.8, 4) is 17.1 Å². The highest BCUT2D eigenvalue weighted by Crippen LogP contribution is 2.44. The number of halogens is 8. The lowest BCUT2D eigenvalue weighted by molar-refractivity contribution is -0.196. The number of pyridine rings is 1. The Balaban J connectivity index is 0.00000226. The van der Waals surface area contributed by atoms with Crippen molar-refractivity contribution in [2.24, 2.45) is 4.99 Å². The molecule has 2 aliphatic heterocycles. The summed E-state index contributed by atoms with van der Waals surface area (Å²) >= 11 is 0. The van der Waals surface area contributed by atoms with Crippen LogP contribution in [0.25, 0.3) is 22.2 Å². The Morgan fingerprint density at radius 2 is 1.71 bits per heavy atom. The number of benzene rings is 1. The van der Waals surface area contributed by atoms with Gasteiger partial charge in [0.2, 0.25) is 11.8 Å². The van der Waals surface area contributed by atoms with Crippen molar-refractivity contribution in [1.82, 2.24) is 19.9 Å². The Morgan fingerprint density at radius 3 is 2.31 bits per heavy atom. The van der Waals surface area contributed by atoms with Crippen LogP contribution in [0.1, 0.15) is 32.8 Å². The zero-order valence-electron chi connectivity index (χ0n) is 25.0. The van der Waals surface area contributed by atoms with Crippen LogP contribution in [0, 0.1) is 11.6 Å². The van der Waals surface area contributed by atoms with Gasteiger partial charge < -0.3 is 25.6 Å². The summed E-state index contributed by atoms with van der Waals surface area (Å²) in [5.41, 5.74) is -0.0893. The van der Waals surface area contributed by atoms with Crippen LogP contribution >= 0.6 is 0 Å². The second-order valence-electron chi connectivity index (χ2n) is 10.8. The molecule has 1 unspecified atom stereocenters. The van der Waals surface area contributed by atoms with E-state index in [9.17, 15) is 30.7 Å². The third-order valence-electron chi connectivity index (χ3n) is 7.45. The average Bonchev–Trinajstić information content (AvgIpc) is 2.96. The summed E-state index contributed by atoms with van der Waals surface area (Å²) in [5.74, 6) is -4.42. The molecule has 45 heavy (non-hydrogen) atoms. The molecule has 2 aliphatic rings. The smallest absolute Gasteiger partial charge is 0.425 e. The number of nitrogens with two attached hydrogens (primary N) is 1. The molecule has 0 saturated carbocycles. The molecule has 0 radical (unpaired) electrons. The molecule has 1 saturated heterocycles. The van der Waals surface area contributed by atoms with E-state index in [1.165, 1.54) is 6.21 Å². The van der Waals surface area contributed by atoms with E-state index in [0.717, 1.165) is 0 Å². The quantitative estimate of drug-likeness (QED) is 0.266. The summed E-state index contributed by atoms with van der Waals surface area (Å²) in [6.07, 6.45) is -12.2. The normalized spacial score (nSPS) is 18.4. The average molecular weight is 649 g/mol. The number of rotatable bonds is 3. The van der Waals surface area contributed by atoms with Crippen LogP contribution in [0.3, 0.4) is 0 Å². The number of nitrogen functional groups attached to an aromatic ring is 1. The molecule has 0 bridgehead atoms. The van der Waals surface area contributed by atoms with Crippen LogP contribution in [0.2, 0.25) is 0 Å². The monoisotopic (exact) mass is 648 g/mol. The van der Waals surface area contributed by atoms with Gasteiger partial charge in [0, 0.05) is 43.5 Å². The number of aliphatic imine (C=N–C) groups is 1. The predicted octanol–water partition coefficient (Wildman–Crippen LogP) is 5.93. The van der Waals surface area contributed by atoms with E-state index in [0.29, 0.717) is 25.2 Å². The van der Waals surface area contributed by atoms with Gasteiger partial charge in [-0.25, -0.2) is 18.7 Å². The Bertz CT molecular complexity index is 1590. The van der Waals surface area contributed by atoms with Crippen molar-refractivity contribution in [2.75, 3.05) is 56.2 Å². The second kappa shape index (κ2) is 12.4. The van der Waals surface area contributed by atoms with Gasteiger partial charge in [-0.1, -0.05) is 13.8 Å². The molecule has 3 N–H and O–H groups in total. The van der Waals surface area contributed by atoms with Crippen molar-refractivity contribution < 1.29 is 39.9 Å². The Morgan fingerprint density at radius 1 is 1.04 bits per heavy atom. The van der Waals surface area contributed by atoms with Gasteiger partial charge in [0.15, 0.2) is 11.9 Å². The molecular formula is C28H32F8N8O. The van der Waals surface area contributed by atoms with Crippen LogP contribution < -0.4 is 20.7 Å². The van der Waals surface area contributed by atoms with Crippen LogP contribution in [0.15, 0.2) is 17.1 Å². The van der Waals surface area contributed by atoms with Crippen molar-refractivity contribution in [1.29, 1.82) is 0 Å². The Hall–Kier alpha value is -4.02. The van der Waals surface area contributed by atoms with E-state index in [1.807, 2.05) is 39.8 Å². The lowest BCUT2D eigenvalue weighted by atomic mass is 9.91. The molecular weight excluding hydrogens is 616 g/mol. The molecule has 1 atom stereocenters. The fourth-order valence-corrected chi connectivity index (χ4v) is 4.88. The fourth-order valence-electron chi connectivity index (χ4n) is 4.88. The van der Waals surface area contributed by atoms with E-state index in [4.69, 9.17) is 10.5 Å². The first-order valence-corrected chi connectivity index (χ1v) is 14.0. The Labute approximate surface area is 253 Å². The molecule has 0 spiro atoms. The summed E-state index contributed by atoms with van der Waals surface area (Å²) in [6.45, 7) is 6.35. The van der Waals surface area contributed by atoms with Crippen molar-refractivity contribution >= 4 is 34.6 Å². The first-order chi connectivity index (χ1) is 21.0. The maximum absolute atomic E-state index is 16.3. The third-order valence-corrected chi connectivity index (χ3v) is 7.45. The number of nitrogens with zero attached hydrogens (tertiary/aromatic N) is 6. The zero-order valence-corrected chi connectivity index (χ0v) is 25.0. The highest BCUT2D eigenvalue weighted by molar-refractivity contribution is 5.97. The summed E-state index contributed by atoms with van der Waals surface area (Å²) in [6, 6.07) is 1.03. The maximum Gasteiger partial charge on any atom is 0.425 e. The first-order valence-electron chi connectivity index (χ1n) is 14.0. The van der Waals surface area contributed by atoms with Crippen LogP contribution in [-0.4, -0.2) is 84.2 Å². The van der Waals surface area contributed by atoms with Gasteiger partial charge >= 0.3 is 12.4 Å². The van der Waals surface area contributed by atoms with E-state index in [2.05, 4.69) is 25.3 Å². The summed E-state index contributed by atoms with van der Waals surface area (Å²) in [7, 11) is 3.71. The molecule has 0 aliphatic carbocycles. The number of ether oxygens (including phenoxy) is 1. The largest absolute Gasteiger partial charge is 0.464 e. The third kappa shape index (κ3) is 6.67. The molecule has 1 aromatic carbocycles. The van der Waals surface area contributed by atoms with Crippen molar-refractivity contribution in [3.63, 3.8) is 0 Å². The number of alkyl halides is 6. The zero-order chi connectivity index (χ0) is 33.5. The molecule has 0 amide bonds. The molecule has 9 nitrogen and oxygen atoms in total. The van der Waals surface area contributed by atoms with Crippen molar-refractivity contribution in [2.45, 2.75) is 51.2 Å². The van der Waals surface area contributed by atoms with E-state index in [1.54, 1.807) is 4.90 Å². The number of hydrogen-bond donors (Lipinski definition) is 2. The van der Waals surface area contributed by atoms with Gasteiger partial charge in [-0.3, -0.25) is 4.99 Å². The number of anilines is 3. The maximum atomic E-state index is 16.3. The molecule has 3 aromatic rings. The van der Waals surface area contributed by atoms with Gasteiger partial charge in [0.1, 0.15) is 33.8 Å². The molecule has 246 valence electrons. The number of hydrogen-bond acceptors (Lipinski definition) is 9. The standard InChI is InChI=1S/C26H26F8N8O.C2H6/c1-24(41(2)3)10-42(11-24)23-39-20-16-21(40-23)37-7-6-36-5-4-15(25(29,30)31)43-22(16)38-19(18(20)28)13-8-12(35)9-14(27)17(13)26(32,33)34;1-2/h6,8-9,15H,4-5,7,10-11,35H2,1-3H3,(H,37,39,40);1-2H3.